The Morgan fingerprint density at radius 2 is 2.36 bits per heavy atom. The van der Waals surface area contributed by atoms with Crippen molar-refractivity contribution in [3.05, 3.63) is 27.6 Å². The van der Waals surface area contributed by atoms with E-state index in [2.05, 4.69) is 37.6 Å². The van der Waals surface area contributed by atoms with Crippen LogP contribution in [0.4, 0.5) is 0 Å². The SMILES string of the molecule is Brc1cc(-c2cn[nH]c2)cs1. The predicted octanol–water partition coefficient (Wildman–Crippen LogP) is 2.90. The summed E-state index contributed by atoms with van der Waals surface area (Å²) in [6.45, 7) is 0. The Morgan fingerprint density at radius 3 is 2.91 bits per heavy atom. The Kier molecular flexibility index (Phi) is 1.79. The standard InChI is InChI=1S/C7H5BrN2S/c8-7-1-5(4-11-7)6-2-9-10-3-6/h1-4H,(H,9,10). The van der Waals surface area contributed by atoms with E-state index in [0.29, 0.717) is 0 Å². The number of aromatic nitrogens is 2. The van der Waals surface area contributed by atoms with Crippen molar-refractivity contribution in [1.29, 1.82) is 0 Å². The van der Waals surface area contributed by atoms with Gasteiger partial charge in [0.1, 0.15) is 0 Å². The average Bonchev–Trinajstić information content (AvgIpc) is 2.55. The highest BCUT2D eigenvalue weighted by molar-refractivity contribution is 9.11. The van der Waals surface area contributed by atoms with E-state index in [4.69, 9.17) is 0 Å². The van der Waals surface area contributed by atoms with Crippen molar-refractivity contribution < 1.29 is 0 Å². The lowest BCUT2D eigenvalue weighted by molar-refractivity contribution is 1.09. The fourth-order valence-electron chi connectivity index (χ4n) is 0.870. The maximum Gasteiger partial charge on any atom is 0.0704 e. The van der Waals surface area contributed by atoms with Crippen molar-refractivity contribution in [2.75, 3.05) is 0 Å². The maximum absolute atomic E-state index is 3.87. The van der Waals surface area contributed by atoms with E-state index in [9.17, 15) is 0 Å². The zero-order chi connectivity index (χ0) is 7.68. The van der Waals surface area contributed by atoms with Crippen LogP contribution in [-0.2, 0) is 0 Å². The zero-order valence-corrected chi connectivity index (χ0v) is 7.95. The van der Waals surface area contributed by atoms with Gasteiger partial charge in [-0.2, -0.15) is 5.10 Å². The van der Waals surface area contributed by atoms with E-state index in [-0.39, 0.29) is 0 Å². The first-order chi connectivity index (χ1) is 5.36. The highest BCUT2D eigenvalue weighted by atomic mass is 79.9. The number of hydrogen-bond donors (Lipinski definition) is 1. The summed E-state index contributed by atoms with van der Waals surface area (Å²) in [4.78, 5) is 0. The molecule has 0 bridgehead atoms. The summed E-state index contributed by atoms with van der Waals surface area (Å²) in [5, 5.41) is 8.74. The fraction of sp³-hybridized carbons (Fsp3) is 0. The number of hydrogen-bond acceptors (Lipinski definition) is 2. The van der Waals surface area contributed by atoms with Crippen LogP contribution in [0.1, 0.15) is 0 Å². The Morgan fingerprint density at radius 1 is 1.45 bits per heavy atom. The summed E-state index contributed by atoms with van der Waals surface area (Å²) in [7, 11) is 0. The van der Waals surface area contributed by atoms with Crippen LogP contribution in [-0.4, -0.2) is 10.2 Å². The fourth-order valence-corrected chi connectivity index (χ4v) is 2.04. The van der Waals surface area contributed by atoms with Gasteiger partial charge in [-0.25, -0.2) is 0 Å². The molecule has 0 aliphatic rings. The molecule has 2 rings (SSSR count). The number of halogens is 1. The van der Waals surface area contributed by atoms with Crippen LogP contribution in [0, 0.1) is 0 Å². The average molecular weight is 229 g/mol. The highest BCUT2D eigenvalue weighted by Crippen LogP contribution is 2.27. The minimum absolute atomic E-state index is 1.13. The van der Waals surface area contributed by atoms with Crippen molar-refractivity contribution in [2.45, 2.75) is 0 Å². The largest absolute Gasteiger partial charge is 0.285 e. The van der Waals surface area contributed by atoms with Crippen LogP contribution in [0.3, 0.4) is 0 Å². The van der Waals surface area contributed by atoms with Gasteiger partial charge in [0.05, 0.1) is 9.98 Å². The Hall–Kier alpha value is -0.610. The van der Waals surface area contributed by atoms with E-state index in [0.717, 1.165) is 9.35 Å². The third-order valence-electron chi connectivity index (χ3n) is 1.40. The molecule has 2 aromatic heterocycles. The normalized spacial score (nSPS) is 10.3. The molecule has 0 spiro atoms. The number of nitrogens with zero attached hydrogens (tertiary/aromatic N) is 1. The van der Waals surface area contributed by atoms with Gasteiger partial charge in [-0.3, -0.25) is 5.10 Å². The third-order valence-corrected chi connectivity index (χ3v) is 2.90. The molecular formula is C7H5BrN2S. The molecule has 2 nitrogen and oxygen atoms in total. The lowest BCUT2D eigenvalue weighted by Crippen LogP contribution is -1.62. The Bertz CT molecular complexity index is 339. The van der Waals surface area contributed by atoms with Crippen molar-refractivity contribution in [3.8, 4) is 11.1 Å². The molecule has 4 heteroatoms. The second kappa shape index (κ2) is 2.79. The van der Waals surface area contributed by atoms with Gasteiger partial charge >= 0.3 is 0 Å². The van der Waals surface area contributed by atoms with Crippen LogP contribution >= 0.6 is 27.3 Å². The highest BCUT2D eigenvalue weighted by Gasteiger charge is 2.00. The lowest BCUT2D eigenvalue weighted by atomic mass is 10.2. The smallest absolute Gasteiger partial charge is 0.0704 e. The van der Waals surface area contributed by atoms with Gasteiger partial charge in [-0.1, -0.05) is 0 Å². The molecule has 0 amide bonds. The predicted molar refractivity (Wildman–Crippen MR) is 49.6 cm³/mol. The number of aromatic amines is 1. The Labute approximate surface area is 76.4 Å². The molecule has 0 saturated heterocycles. The van der Waals surface area contributed by atoms with Crippen LogP contribution in [0.2, 0.25) is 0 Å². The van der Waals surface area contributed by atoms with Crippen molar-refractivity contribution >= 4 is 27.3 Å². The molecule has 2 aromatic rings. The lowest BCUT2D eigenvalue weighted by Gasteiger charge is -1.84. The molecule has 1 N–H and O–H groups in total. The first-order valence-electron chi connectivity index (χ1n) is 3.09. The van der Waals surface area contributed by atoms with E-state index >= 15 is 0 Å². The topological polar surface area (TPSA) is 28.7 Å². The summed E-state index contributed by atoms with van der Waals surface area (Å²) in [6.07, 6.45) is 3.70. The van der Waals surface area contributed by atoms with Gasteiger partial charge in [-0.05, 0) is 32.9 Å². The molecule has 56 valence electrons. The van der Waals surface area contributed by atoms with Crippen LogP contribution < -0.4 is 0 Å². The molecule has 0 atom stereocenters. The molecule has 0 aliphatic carbocycles. The van der Waals surface area contributed by atoms with Gasteiger partial charge in [0.15, 0.2) is 0 Å². The van der Waals surface area contributed by atoms with E-state index in [1.807, 2.05) is 12.4 Å². The van der Waals surface area contributed by atoms with E-state index in [1.54, 1.807) is 11.3 Å². The molecule has 11 heavy (non-hydrogen) atoms. The van der Waals surface area contributed by atoms with Crippen molar-refractivity contribution in [2.24, 2.45) is 0 Å². The minimum atomic E-state index is 1.13. The van der Waals surface area contributed by atoms with E-state index < -0.39 is 0 Å². The molecule has 0 aromatic carbocycles. The number of rotatable bonds is 1. The number of nitrogens with one attached hydrogen (secondary N) is 1. The third kappa shape index (κ3) is 1.36. The number of thiophene rings is 1. The molecule has 0 radical (unpaired) electrons. The van der Waals surface area contributed by atoms with Crippen LogP contribution in [0.15, 0.2) is 27.6 Å². The summed E-state index contributed by atoms with van der Waals surface area (Å²) in [6, 6.07) is 2.08. The second-order valence-corrected chi connectivity index (χ2v) is 4.42. The van der Waals surface area contributed by atoms with Gasteiger partial charge in [-0.15, -0.1) is 11.3 Å². The van der Waals surface area contributed by atoms with Gasteiger partial charge in [0.25, 0.3) is 0 Å². The molecular weight excluding hydrogens is 224 g/mol. The van der Waals surface area contributed by atoms with Crippen LogP contribution in [0.5, 0.6) is 0 Å². The maximum atomic E-state index is 3.87. The minimum Gasteiger partial charge on any atom is -0.285 e. The molecule has 0 saturated carbocycles. The first-order valence-corrected chi connectivity index (χ1v) is 4.77. The monoisotopic (exact) mass is 228 g/mol. The molecule has 2 heterocycles. The second-order valence-electron chi connectivity index (χ2n) is 2.13. The molecule has 0 unspecified atom stereocenters. The summed E-state index contributed by atoms with van der Waals surface area (Å²) < 4.78 is 1.15. The van der Waals surface area contributed by atoms with E-state index in [1.165, 1.54) is 5.56 Å². The summed E-state index contributed by atoms with van der Waals surface area (Å²) in [5.41, 5.74) is 2.34. The number of H-pyrrole nitrogens is 1. The molecule has 0 fully saturated rings. The van der Waals surface area contributed by atoms with Gasteiger partial charge in [0, 0.05) is 11.8 Å². The van der Waals surface area contributed by atoms with Crippen molar-refractivity contribution in [1.82, 2.24) is 10.2 Å². The van der Waals surface area contributed by atoms with Gasteiger partial charge < -0.3 is 0 Å². The van der Waals surface area contributed by atoms with Gasteiger partial charge in [0.2, 0.25) is 0 Å². The zero-order valence-electron chi connectivity index (χ0n) is 5.54. The summed E-state index contributed by atoms with van der Waals surface area (Å²) >= 11 is 5.08. The Balaban J connectivity index is 2.45. The van der Waals surface area contributed by atoms with Crippen molar-refractivity contribution in [3.63, 3.8) is 0 Å². The quantitative estimate of drug-likeness (QED) is 0.800. The summed E-state index contributed by atoms with van der Waals surface area (Å²) in [5.74, 6) is 0. The molecule has 0 aliphatic heterocycles. The first kappa shape index (κ1) is 7.06. The van der Waals surface area contributed by atoms with Crippen LogP contribution in [0.25, 0.3) is 11.1 Å².